The van der Waals surface area contributed by atoms with Crippen LogP contribution in [0, 0.1) is 0 Å². The number of hydrogen-bond acceptors (Lipinski definition) is 0. The van der Waals surface area contributed by atoms with Crippen LogP contribution in [0.2, 0.25) is 0 Å². The molecule has 0 fully saturated rings. The van der Waals surface area contributed by atoms with Crippen molar-refractivity contribution >= 4 is 77.8 Å². The van der Waals surface area contributed by atoms with Crippen molar-refractivity contribution in [2.45, 2.75) is 0 Å². The third-order valence-corrected chi connectivity index (χ3v) is 0. The fourth-order valence-corrected chi connectivity index (χ4v) is 0. The Morgan fingerprint density at radius 1 is 0.400 bits per heavy atom. The third-order valence-electron chi connectivity index (χ3n) is 0. The fourth-order valence-electron chi connectivity index (χ4n) is 0. The molecule has 0 N–H and O–H groups in total. The second kappa shape index (κ2) is 32.9. The summed E-state index contributed by atoms with van der Waals surface area (Å²) in [6, 6.07) is 0. The molecule has 0 nitrogen and oxygen atoms in total. The minimum atomic E-state index is 0. The van der Waals surface area contributed by atoms with Gasteiger partial charge in [-0.15, -0.1) is 67.9 Å². The molecule has 0 spiro atoms. The molecule has 5 heavy (non-hydrogen) atoms. The maximum atomic E-state index is 0. The molecular weight excluding hydrogens is 351 g/mol. The zero-order valence-electron chi connectivity index (χ0n) is 2.08. The molecule has 0 aliphatic heterocycles. The van der Waals surface area contributed by atoms with Crippen molar-refractivity contribution in [1.29, 1.82) is 0 Å². The smallest absolute Gasteiger partial charge is 0 e. The largest absolute Gasteiger partial charge is 0.114 e. The summed E-state index contributed by atoms with van der Waals surface area (Å²) in [4.78, 5) is 0. The van der Waals surface area contributed by atoms with Crippen LogP contribution in [0.4, 0.5) is 0 Å². The van der Waals surface area contributed by atoms with E-state index in [0.717, 1.165) is 0 Å². The van der Waals surface area contributed by atoms with Gasteiger partial charge in [-0.2, -0.15) is 0 Å². The van der Waals surface area contributed by atoms with Crippen LogP contribution in [0.1, 0.15) is 0 Å². The van der Waals surface area contributed by atoms with Crippen molar-refractivity contribution in [2.75, 3.05) is 0 Å². The van der Waals surface area contributed by atoms with Gasteiger partial charge >= 0.3 is 0 Å². The quantitative estimate of drug-likeness (QED) is 0.586. The Labute approximate surface area is 77.2 Å². The monoisotopic (exact) mass is 351 g/mol. The highest BCUT2D eigenvalue weighted by Gasteiger charge is 0.0000362. The van der Waals surface area contributed by atoms with E-state index in [9.17, 15) is 0 Å². The van der Waals surface area contributed by atoms with Crippen LogP contribution < -0.4 is 0 Å². The third kappa shape index (κ3) is 21.8. The van der Waals surface area contributed by atoms with Crippen LogP contribution in [0.5, 0.6) is 0 Å². The molecule has 0 bridgehead atoms. The number of rotatable bonds is 0. The van der Waals surface area contributed by atoms with E-state index in [4.69, 9.17) is 0 Å². The van der Waals surface area contributed by atoms with Crippen LogP contribution in [-0.4, -0.2) is 0 Å². The van der Waals surface area contributed by atoms with Gasteiger partial charge in [-0.05, 0) is 0 Å². The first-order valence-corrected chi connectivity index (χ1v) is 0. The Morgan fingerprint density at radius 3 is 0.400 bits per heavy atom. The first kappa shape index (κ1) is 53.7. The molecule has 37 valence electrons. The molecule has 0 heterocycles. The van der Waals surface area contributed by atoms with Gasteiger partial charge in [-0.1, -0.05) is 0 Å². The maximum Gasteiger partial charge on any atom is 0 e. The molecule has 0 aromatic carbocycles. The summed E-state index contributed by atoms with van der Waals surface area (Å²) in [5, 5.41) is 0. The van der Waals surface area contributed by atoms with Crippen molar-refractivity contribution < 1.29 is 0 Å². The summed E-state index contributed by atoms with van der Waals surface area (Å²) in [7, 11) is 0. The molecule has 0 aliphatic rings. The van der Waals surface area contributed by atoms with E-state index >= 15 is 0 Å². The molecule has 0 amide bonds. The van der Waals surface area contributed by atoms with E-state index < -0.39 is 0 Å². The SMILES string of the molecule is Br.Br.Br.Br.[P]. The summed E-state index contributed by atoms with van der Waals surface area (Å²) in [5.41, 5.74) is 0. The van der Waals surface area contributed by atoms with Crippen LogP contribution in [0.25, 0.3) is 0 Å². The number of halogens is 4. The van der Waals surface area contributed by atoms with Gasteiger partial charge < -0.3 is 0 Å². The molecule has 0 unspecified atom stereocenters. The second-order valence-electron chi connectivity index (χ2n) is 0. The Hall–Kier alpha value is 2.35. The molecule has 0 aromatic rings. The highest BCUT2D eigenvalue weighted by molar-refractivity contribution is 8.93. The van der Waals surface area contributed by atoms with Gasteiger partial charge in [0.2, 0.25) is 0 Å². The van der Waals surface area contributed by atoms with Crippen LogP contribution >= 0.6 is 77.8 Å². The van der Waals surface area contributed by atoms with E-state index in [2.05, 4.69) is 0 Å². The highest BCUT2D eigenvalue weighted by atomic mass is 79.9. The minimum Gasteiger partial charge on any atom is -0.114 e. The van der Waals surface area contributed by atoms with Gasteiger partial charge in [0.05, 0.1) is 0 Å². The van der Waals surface area contributed by atoms with E-state index in [0.29, 0.717) is 0 Å². The van der Waals surface area contributed by atoms with Gasteiger partial charge in [0.25, 0.3) is 0 Å². The standard InChI is InChI=1S/4BrH.P/h4*1H;. The first-order chi connectivity index (χ1) is 0. The van der Waals surface area contributed by atoms with E-state index in [1.54, 1.807) is 0 Å². The summed E-state index contributed by atoms with van der Waals surface area (Å²) < 4.78 is 0. The Balaban J connectivity index is 0. The average Bonchev–Trinajstić information content (AvgIpc) is 0. The normalized spacial score (nSPS) is 0. The molecule has 5 heteroatoms. The molecule has 3 radical (unpaired) electrons. The molecule has 0 rings (SSSR count). The van der Waals surface area contributed by atoms with Crippen molar-refractivity contribution in [3.8, 4) is 0 Å². The fraction of sp³-hybridized carbons (Fsp3) is 0. The summed E-state index contributed by atoms with van der Waals surface area (Å²) in [5.74, 6) is 0. The van der Waals surface area contributed by atoms with Crippen molar-refractivity contribution in [2.24, 2.45) is 0 Å². The highest BCUT2D eigenvalue weighted by Crippen LogP contribution is 0.862. The van der Waals surface area contributed by atoms with Crippen LogP contribution in [0.15, 0.2) is 0 Å². The lowest BCUT2D eigenvalue weighted by Gasteiger charge is -0.115. The topological polar surface area (TPSA) is 0 Å². The predicted molar refractivity (Wildman–Crippen MR) is 48.2 cm³/mol. The van der Waals surface area contributed by atoms with Crippen molar-refractivity contribution in [3.05, 3.63) is 0 Å². The lowest BCUT2D eigenvalue weighted by atomic mass is 31.0. The van der Waals surface area contributed by atoms with Crippen LogP contribution in [0.3, 0.4) is 0 Å². The maximum absolute atomic E-state index is 0. The minimum absolute atomic E-state index is 0. The Morgan fingerprint density at radius 2 is 0.400 bits per heavy atom. The summed E-state index contributed by atoms with van der Waals surface area (Å²) in [6.07, 6.45) is 0. The van der Waals surface area contributed by atoms with E-state index in [-0.39, 0.29) is 77.8 Å². The molecule has 0 saturated carbocycles. The first-order valence-electron chi connectivity index (χ1n) is 0. The van der Waals surface area contributed by atoms with Crippen molar-refractivity contribution in [3.63, 3.8) is 0 Å². The van der Waals surface area contributed by atoms with Gasteiger partial charge in [-0.3, -0.25) is 0 Å². The van der Waals surface area contributed by atoms with Gasteiger partial charge in [0, 0.05) is 9.90 Å². The van der Waals surface area contributed by atoms with Gasteiger partial charge in [0.15, 0.2) is 0 Å². The second-order valence-corrected chi connectivity index (χ2v) is 0. The zero-order chi connectivity index (χ0) is 0. The lowest BCUT2D eigenvalue weighted by Crippen LogP contribution is 0.845. The molecule has 0 aliphatic carbocycles. The molecular formula is H4Br4P. The molecule has 0 atom stereocenters. The lowest BCUT2D eigenvalue weighted by molar-refractivity contribution is 6.92. The van der Waals surface area contributed by atoms with E-state index in [1.807, 2.05) is 0 Å². The Kier molecular flexibility index (Phi) is 353. The summed E-state index contributed by atoms with van der Waals surface area (Å²) in [6.45, 7) is 0. The van der Waals surface area contributed by atoms with E-state index in [1.165, 1.54) is 0 Å². The van der Waals surface area contributed by atoms with Gasteiger partial charge in [-0.25, -0.2) is 0 Å². The molecule has 0 saturated heterocycles. The predicted octanol–water partition coefficient (Wildman–Crippen LogP) is 3.17. The zero-order valence-corrected chi connectivity index (χ0v) is 9.83. The average molecular weight is 355 g/mol. The van der Waals surface area contributed by atoms with Crippen LogP contribution in [-0.2, 0) is 0 Å². The van der Waals surface area contributed by atoms with Gasteiger partial charge in [0.1, 0.15) is 0 Å². The van der Waals surface area contributed by atoms with Crippen molar-refractivity contribution in [1.82, 2.24) is 0 Å². The number of hydrogen-bond donors (Lipinski definition) is 0. The Bertz CT molecular complexity index is 3.61. The summed E-state index contributed by atoms with van der Waals surface area (Å²) >= 11 is 0. The molecule has 0 aromatic heterocycles.